The van der Waals surface area contributed by atoms with Crippen molar-refractivity contribution >= 4 is 11.6 Å². The summed E-state index contributed by atoms with van der Waals surface area (Å²) >= 11 is 0. The molecule has 126 valence electrons. The fourth-order valence-electron chi connectivity index (χ4n) is 2.88. The van der Waals surface area contributed by atoms with Crippen LogP contribution in [0.5, 0.6) is 5.75 Å². The van der Waals surface area contributed by atoms with Crippen molar-refractivity contribution in [1.82, 2.24) is 0 Å². The number of nitrogens with one attached hydrogen (secondary N) is 2. The summed E-state index contributed by atoms with van der Waals surface area (Å²) in [5.74, 6) is 0.339. The van der Waals surface area contributed by atoms with Crippen LogP contribution in [0.15, 0.2) is 48.5 Å². The number of rotatable bonds is 7. The molecular weight excluding hydrogens is 307 g/mol. The van der Waals surface area contributed by atoms with Crippen molar-refractivity contribution in [3.8, 4) is 5.75 Å². The fraction of sp³-hybridized carbons (Fsp3) is 0.316. The van der Waals surface area contributed by atoms with Gasteiger partial charge in [-0.25, -0.2) is 4.39 Å². The number of quaternary nitrogens is 1. The van der Waals surface area contributed by atoms with Crippen LogP contribution in [-0.2, 0) is 11.3 Å². The molecule has 0 heterocycles. The monoisotopic (exact) mass is 329 g/mol. The molecule has 4 nitrogen and oxygen atoms in total. The lowest BCUT2D eigenvalue weighted by molar-refractivity contribution is -0.917. The van der Waals surface area contributed by atoms with Gasteiger partial charge < -0.3 is 15.0 Å². The van der Waals surface area contributed by atoms with Crippen molar-refractivity contribution in [3.05, 3.63) is 59.9 Å². The van der Waals surface area contributed by atoms with Gasteiger partial charge in [0.15, 0.2) is 6.54 Å². The van der Waals surface area contributed by atoms with Gasteiger partial charge in [-0.2, -0.15) is 0 Å². The largest absolute Gasteiger partial charge is 0.495 e. The third-order valence-electron chi connectivity index (χ3n) is 4.30. The van der Waals surface area contributed by atoms with Gasteiger partial charge in [-0.15, -0.1) is 0 Å². The summed E-state index contributed by atoms with van der Waals surface area (Å²) in [4.78, 5) is 13.5. The van der Waals surface area contributed by atoms with E-state index in [1.54, 1.807) is 25.3 Å². The highest BCUT2D eigenvalue weighted by molar-refractivity contribution is 5.92. The van der Waals surface area contributed by atoms with Crippen LogP contribution in [0.2, 0.25) is 0 Å². The molecule has 0 radical (unpaired) electrons. The number of carbonyl (C=O) groups excluding carboxylic acids is 1. The van der Waals surface area contributed by atoms with E-state index in [1.165, 1.54) is 6.07 Å². The summed E-state index contributed by atoms with van der Waals surface area (Å²) in [7, 11) is 1.57. The number of hydrogen-bond donors (Lipinski definition) is 2. The third-order valence-corrected chi connectivity index (χ3v) is 4.30. The molecule has 0 aliphatic heterocycles. The van der Waals surface area contributed by atoms with Gasteiger partial charge in [0.2, 0.25) is 0 Å². The smallest absolute Gasteiger partial charge is 0.279 e. The minimum absolute atomic E-state index is 0.0854. The third kappa shape index (κ3) is 4.11. The number of halogens is 1. The first kappa shape index (κ1) is 16.5. The van der Waals surface area contributed by atoms with Crippen LogP contribution < -0.4 is 15.0 Å². The maximum atomic E-state index is 13.9. The van der Waals surface area contributed by atoms with Crippen molar-refractivity contribution < 1.29 is 18.8 Å². The molecule has 24 heavy (non-hydrogen) atoms. The van der Waals surface area contributed by atoms with Crippen molar-refractivity contribution in [1.29, 1.82) is 0 Å². The molecule has 2 aromatic rings. The summed E-state index contributed by atoms with van der Waals surface area (Å²) in [6, 6.07) is 14.5. The van der Waals surface area contributed by atoms with Gasteiger partial charge in [-0.1, -0.05) is 30.3 Å². The number of benzene rings is 2. The Bertz CT molecular complexity index is 716. The Morgan fingerprint density at radius 3 is 2.62 bits per heavy atom. The van der Waals surface area contributed by atoms with Gasteiger partial charge in [0.25, 0.3) is 5.91 Å². The Morgan fingerprint density at radius 2 is 1.92 bits per heavy atom. The summed E-state index contributed by atoms with van der Waals surface area (Å²) in [5, 5.41) is 2.90. The van der Waals surface area contributed by atoms with Crippen molar-refractivity contribution in [2.45, 2.75) is 25.4 Å². The van der Waals surface area contributed by atoms with Crippen LogP contribution in [-0.4, -0.2) is 25.6 Å². The molecule has 5 heteroatoms. The highest BCUT2D eigenvalue weighted by atomic mass is 19.1. The zero-order chi connectivity index (χ0) is 16.9. The first-order valence-corrected chi connectivity index (χ1v) is 8.18. The second-order valence-electron chi connectivity index (χ2n) is 6.13. The van der Waals surface area contributed by atoms with Crippen LogP contribution in [0.25, 0.3) is 0 Å². The molecule has 0 spiro atoms. The maximum Gasteiger partial charge on any atom is 0.279 e. The number of carbonyl (C=O) groups is 1. The van der Waals surface area contributed by atoms with Crippen LogP contribution in [0, 0.1) is 5.82 Å². The topological polar surface area (TPSA) is 42.8 Å². The van der Waals surface area contributed by atoms with Crippen LogP contribution >= 0.6 is 0 Å². The Balaban J connectivity index is 1.65. The van der Waals surface area contributed by atoms with Crippen LogP contribution in [0.3, 0.4) is 0 Å². The molecular formula is C19H22FN2O2+. The van der Waals surface area contributed by atoms with Crippen molar-refractivity contribution in [2.75, 3.05) is 19.0 Å². The van der Waals surface area contributed by atoms with E-state index in [4.69, 9.17) is 4.74 Å². The zero-order valence-electron chi connectivity index (χ0n) is 13.7. The van der Waals surface area contributed by atoms with E-state index in [0.717, 1.165) is 17.7 Å². The highest BCUT2D eigenvalue weighted by Crippen LogP contribution is 2.22. The summed E-state index contributed by atoms with van der Waals surface area (Å²) < 4.78 is 19.1. The molecule has 1 unspecified atom stereocenters. The highest BCUT2D eigenvalue weighted by Gasteiger charge is 2.35. The van der Waals surface area contributed by atoms with Gasteiger partial charge in [-0.3, -0.25) is 4.79 Å². The second kappa shape index (κ2) is 7.45. The average molecular weight is 329 g/mol. The van der Waals surface area contributed by atoms with E-state index in [-0.39, 0.29) is 11.7 Å². The number of hydrogen-bond acceptors (Lipinski definition) is 2. The molecule has 0 saturated heterocycles. The van der Waals surface area contributed by atoms with Gasteiger partial charge in [0.1, 0.15) is 18.1 Å². The minimum atomic E-state index is -0.208. The maximum absolute atomic E-state index is 13.9. The van der Waals surface area contributed by atoms with Gasteiger partial charge >= 0.3 is 0 Å². The van der Waals surface area contributed by atoms with Crippen molar-refractivity contribution in [2.24, 2.45) is 0 Å². The van der Waals surface area contributed by atoms with Crippen LogP contribution in [0.1, 0.15) is 18.4 Å². The number of anilines is 1. The van der Waals surface area contributed by atoms with Crippen molar-refractivity contribution in [3.63, 3.8) is 0 Å². The molecule has 3 rings (SSSR count). The van der Waals surface area contributed by atoms with E-state index in [9.17, 15) is 9.18 Å². The number of ether oxygens (including phenoxy) is 1. The predicted octanol–water partition coefficient (Wildman–Crippen LogP) is 2.02. The van der Waals surface area contributed by atoms with Gasteiger partial charge in [-0.05, 0) is 18.2 Å². The van der Waals surface area contributed by atoms with E-state index in [2.05, 4.69) is 5.32 Å². The summed E-state index contributed by atoms with van der Waals surface area (Å²) in [6.07, 6.45) is 2.18. The number of para-hydroxylation sites is 2. The van der Waals surface area contributed by atoms with Gasteiger partial charge in [0.05, 0.1) is 18.8 Å². The standard InChI is InChI=1S/C19H21FN2O2/c1-24-18-9-5-4-8-17(18)21-19(23)13-22(15-10-11-15)12-14-6-2-3-7-16(14)20/h2-9,15H,10-13H2,1H3,(H,21,23)/p+1. The Hall–Kier alpha value is -2.40. The van der Waals surface area contributed by atoms with Crippen LogP contribution in [0.4, 0.5) is 10.1 Å². The first-order chi connectivity index (χ1) is 11.7. The summed E-state index contributed by atoms with van der Waals surface area (Å²) in [5.41, 5.74) is 1.32. The van der Waals surface area contributed by atoms with E-state index in [0.29, 0.717) is 36.1 Å². The lowest BCUT2D eigenvalue weighted by atomic mass is 10.2. The Labute approximate surface area is 141 Å². The second-order valence-corrected chi connectivity index (χ2v) is 6.13. The molecule has 1 aliphatic carbocycles. The Morgan fingerprint density at radius 1 is 1.21 bits per heavy atom. The molecule has 2 N–H and O–H groups in total. The number of amides is 1. The molecule has 1 atom stereocenters. The fourth-order valence-corrected chi connectivity index (χ4v) is 2.88. The lowest BCUT2D eigenvalue weighted by Gasteiger charge is -2.19. The molecule has 1 aliphatic rings. The average Bonchev–Trinajstić information content (AvgIpc) is 3.41. The normalized spacial score (nSPS) is 14.9. The quantitative estimate of drug-likeness (QED) is 0.816. The summed E-state index contributed by atoms with van der Waals surface area (Å²) in [6.45, 7) is 0.841. The zero-order valence-corrected chi connectivity index (χ0v) is 13.7. The van der Waals surface area contributed by atoms with E-state index in [1.807, 2.05) is 24.3 Å². The predicted molar refractivity (Wildman–Crippen MR) is 90.6 cm³/mol. The first-order valence-electron chi connectivity index (χ1n) is 8.18. The van der Waals surface area contributed by atoms with E-state index >= 15 is 0 Å². The van der Waals surface area contributed by atoms with E-state index < -0.39 is 0 Å². The molecule has 1 saturated carbocycles. The minimum Gasteiger partial charge on any atom is -0.495 e. The molecule has 2 aromatic carbocycles. The SMILES string of the molecule is COc1ccccc1NC(=O)C[NH+](Cc1ccccc1F)C1CC1. The molecule has 0 bridgehead atoms. The molecule has 1 fully saturated rings. The Kier molecular flexibility index (Phi) is 5.11. The number of methoxy groups -OCH3 is 1. The molecule has 0 aromatic heterocycles. The lowest BCUT2D eigenvalue weighted by Crippen LogP contribution is -3.13. The molecule has 1 amide bonds. The van der Waals surface area contributed by atoms with Gasteiger partial charge in [0, 0.05) is 18.4 Å².